The van der Waals surface area contributed by atoms with E-state index in [1.165, 1.54) is 30.9 Å². The molecule has 3 aliphatic heterocycles. The maximum absolute atomic E-state index is 11.9. The minimum absolute atomic E-state index is 0.0894. The Kier molecular flexibility index (Phi) is 11.2. The van der Waals surface area contributed by atoms with Gasteiger partial charge in [0.05, 0.1) is 0 Å². The molecule has 3 heterocycles. The van der Waals surface area contributed by atoms with Gasteiger partial charge in [-0.2, -0.15) is 5.10 Å². The Labute approximate surface area is 136 Å². The van der Waals surface area contributed by atoms with E-state index in [0.717, 1.165) is 13.0 Å². The number of hydrazone groups is 1. The average Bonchev–Trinajstić information content (AvgIpc) is 2.56. The molecular weight excluding hydrogens is 276 g/mol. The number of carbonyl (C=O) groups is 1. The van der Waals surface area contributed by atoms with Gasteiger partial charge >= 0.3 is 6.03 Å². The summed E-state index contributed by atoms with van der Waals surface area (Å²) < 4.78 is 0. The first-order valence-electron chi connectivity index (χ1n) is 8.28. The van der Waals surface area contributed by atoms with Gasteiger partial charge in [-0.1, -0.05) is 20.8 Å². The van der Waals surface area contributed by atoms with Gasteiger partial charge in [-0.05, 0) is 45.2 Å². The van der Waals surface area contributed by atoms with Crippen molar-refractivity contribution in [2.75, 3.05) is 26.7 Å². The molecule has 5 heteroatoms. The number of terminal acetylenes is 1. The maximum atomic E-state index is 11.9. The van der Waals surface area contributed by atoms with Crippen molar-refractivity contribution in [3.8, 4) is 12.3 Å². The second-order valence-electron chi connectivity index (χ2n) is 5.21. The summed E-state index contributed by atoms with van der Waals surface area (Å²) >= 11 is 0. The van der Waals surface area contributed by atoms with Gasteiger partial charge in [0.25, 0.3) is 0 Å². The molecule has 2 bridgehead atoms. The van der Waals surface area contributed by atoms with Crippen molar-refractivity contribution >= 4 is 12.2 Å². The van der Waals surface area contributed by atoms with Crippen LogP contribution in [0.4, 0.5) is 4.79 Å². The molecule has 0 spiro atoms. The molecule has 0 radical (unpaired) electrons. The molecule has 0 aromatic carbocycles. The van der Waals surface area contributed by atoms with Crippen molar-refractivity contribution in [2.45, 2.75) is 53.0 Å². The second-order valence-corrected chi connectivity index (χ2v) is 5.21. The summed E-state index contributed by atoms with van der Waals surface area (Å²) in [6, 6.07) is 0.220. The number of nitrogens with zero attached hydrogens (tertiary/aromatic N) is 3. The summed E-state index contributed by atoms with van der Waals surface area (Å²) in [6.07, 6.45) is 9.62. The normalized spacial score (nSPS) is 25.2. The van der Waals surface area contributed by atoms with E-state index in [2.05, 4.69) is 27.7 Å². The van der Waals surface area contributed by atoms with E-state index in [0.29, 0.717) is 12.0 Å². The lowest BCUT2D eigenvalue weighted by molar-refractivity contribution is 0.0739. The molecule has 3 saturated heterocycles. The highest BCUT2D eigenvalue weighted by Gasteiger charge is 2.35. The van der Waals surface area contributed by atoms with Gasteiger partial charge in [-0.25, -0.2) is 9.80 Å². The van der Waals surface area contributed by atoms with Crippen LogP contribution in [0.3, 0.4) is 0 Å². The summed E-state index contributed by atoms with van der Waals surface area (Å²) in [5.74, 6) is 2.91. The largest absolute Gasteiger partial charge is 0.337 e. The molecule has 0 aliphatic carbocycles. The first-order chi connectivity index (χ1) is 10.6. The van der Waals surface area contributed by atoms with Gasteiger partial charge in [-0.15, -0.1) is 12.3 Å². The minimum Gasteiger partial charge on any atom is -0.332 e. The number of fused-ring (bicyclic) bond motifs is 3. The predicted octanol–water partition coefficient (Wildman–Crippen LogP) is 2.78. The number of urea groups is 1. The number of piperidine rings is 3. The average molecular weight is 308 g/mol. The van der Waals surface area contributed by atoms with Crippen LogP contribution in [-0.2, 0) is 0 Å². The Morgan fingerprint density at radius 1 is 1.45 bits per heavy atom. The molecule has 3 rings (SSSR count). The van der Waals surface area contributed by atoms with Crippen LogP contribution in [0.5, 0.6) is 0 Å². The van der Waals surface area contributed by atoms with Gasteiger partial charge < -0.3 is 10.2 Å². The van der Waals surface area contributed by atoms with Crippen molar-refractivity contribution in [3.63, 3.8) is 0 Å². The van der Waals surface area contributed by atoms with E-state index < -0.39 is 0 Å². The maximum Gasteiger partial charge on any atom is 0.337 e. The van der Waals surface area contributed by atoms with E-state index in [1.807, 2.05) is 20.8 Å². The molecule has 1 atom stereocenters. The monoisotopic (exact) mass is 308 g/mol. The highest BCUT2D eigenvalue weighted by Crippen LogP contribution is 2.27. The number of rotatable bonds is 3. The molecule has 0 saturated carbocycles. The smallest absolute Gasteiger partial charge is 0.332 e. The minimum atomic E-state index is -0.0894. The Hall–Kier alpha value is -1.54. The molecule has 22 heavy (non-hydrogen) atoms. The molecule has 1 unspecified atom stereocenters. The third-order valence-corrected chi connectivity index (χ3v) is 3.70. The third kappa shape index (κ3) is 6.95. The number of hydrogen-bond acceptors (Lipinski definition) is 3. The van der Waals surface area contributed by atoms with Crippen molar-refractivity contribution in [2.24, 2.45) is 11.0 Å². The predicted molar refractivity (Wildman–Crippen MR) is 93.9 cm³/mol. The van der Waals surface area contributed by atoms with E-state index in [4.69, 9.17) is 0 Å². The van der Waals surface area contributed by atoms with E-state index in [9.17, 15) is 4.79 Å². The van der Waals surface area contributed by atoms with Crippen LogP contribution < -0.4 is 5.32 Å². The quantitative estimate of drug-likeness (QED) is 0.495. The Morgan fingerprint density at radius 2 is 2.00 bits per heavy atom. The van der Waals surface area contributed by atoms with Crippen LogP contribution in [-0.4, -0.2) is 54.9 Å². The number of hydrogen-bond donors (Lipinski definition) is 1. The third-order valence-electron chi connectivity index (χ3n) is 3.70. The topological polar surface area (TPSA) is 47.9 Å². The van der Waals surface area contributed by atoms with Crippen LogP contribution in [0.25, 0.3) is 0 Å². The van der Waals surface area contributed by atoms with Crippen LogP contribution in [0, 0.1) is 18.3 Å². The molecule has 3 fully saturated rings. The lowest BCUT2D eigenvalue weighted by Crippen LogP contribution is -2.58. The standard InChI is InChI=1S/C12H22N4O.C3H4.C2H6/c1-3-6-13-15(2)12(17)14-11-9-16-7-4-10(11)5-8-16;1-3-2;1-2/h6,10-11H,3-5,7-9H2,1-2H3,(H,14,17);1H,2H3;1-2H3/b13-6-;;. The van der Waals surface area contributed by atoms with Crippen LogP contribution in [0.15, 0.2) is 5.10 Å². The molecule has 0 aromatic heterocycles. The zero-order valence-corrected chi connectivity index (χ0v) is 14.8. The highest BCUT2D eigenvalue weighted by atomic mass is 16.2. The molecule has 1 N–H and O–H groups in total. The van der Waals surface area contributed by atoms with E-state index >= 15 is 0 Å². The molecule has 5 nitrogen and oxygen atoms in total. The van der Waals surface area contributed by atoms with Gasteiger partial charge in [0.2, 0.25) is 0 Å². The molecular formula is C17H32N4O. The highest BCUT2D eigenvalue weighted by molar-refractivity contribution is 5.75. The Morgan fingerprint density at radius 3 is 2.41 bits per heavy atom. The summed E-state index contributed by atoms with van der Waals surface area (Å²) in [5, 5.41) is 8.53. The molecule has 126 valence electrons. The van der Waals surface area contributed by atoms with Crippen LogP contribution in [0.2, 0.25) is 0 Å². The fourth-order valence-corrected chi connectivity index (χ4v) is 2.64. The summed E-state index contributed by atoms with van der Waals surface area (Å²) in [4.78, 5) is 14.3. The van der Waals surface area contributed by atoms with E-state index in [-0.39, 0.29) is 6.03 Å². The number of amides is 2. The zero-order chi connectivity index (χ0) is 17.0. The summed E-state index contributed by atoms with van der Waals surface area (Å²) in [6.45, 7) is 11.0. The van der Waals surface area contributed by atoms with Crippen molar-refractivity contribution in [1.82, 2.24) is 15.2 Å². The number of carbonyl (C=O) groups excluding carboxylic acids is 1. The van der Waals surface area contributed by atoms with E-state index in [1.54, 1.807) is 20.2 Å². The Bertz CT molecular complexity index is 367. The van der Waals surface area contributed by atoms with Gasteiger partial charge in [0, 0.05) is 25.8 Å². The summed E-state index contributed by atoms with van der Waals surface area (Å²) in [7, 11) is 1.70. The zero-order valence-electron chi connectivity index (χ0n) is 14.8. The molecule has 3 aliphatic rings. The number of nitrogens with one attached hydrogen (secondary N) is 1. The van der Waals surface area contributed by atoms with Crippen molar-refractivity contribution < 1.29 is 4.79 Å². The van der Waals surface area contributed by atoms with Crippen LogP contribution in [0.1, 0.15) is 47.0 Å². The SMILES string of the molecule is C#CC.CC.CC/C=N\N(C)C(=O)NC1CN2CCC1CC2. The second kappa shape index (κ2) is 12.0. The Balaban J connectivity index is 0.000000789. The summed E-state index contributed by atoms with van der Waals surface area (Å²) in [5.41, 5.74) is 0. The first-order valence-corrected chi connectivity index (χ1v) is 8.28. The molecule has 0 aromatic rings. The first kappa shape index (κ1) is 20.5. The van der Waals surface area contributed by atoms with Gasteiger partial charge in [-0.3, -0.25) is 0 Å². The van der Waals surface area contributed by atoms with Gasteiger partial charge in [0.1, 0.15) is 0 Å². The lowest BCUT2D eigenvalue weighted by atomic mass is 9.84. The fraction of sp³-hybridized carbons (Fsp3) is 0.765. The lowest BCUT2D eigenvalue weighted by Gasteiger charge is -2.45. The van der Waals surface area contributed by atoms with Crippen molar-refractivity contribution in [3.05, 3.63) is 0 Å². The van der Waals surface area contributed by atoms with Crippen molar-refractivity contribution in [1.29, 1.82) is 0 Å². The molecule has 2 amide bonds. The van der Waals surface area contributed by atoms with Crippen LogP contribution >= 0.6 is 0 Å². The van der Waals surface area contributed by atoms with Gasteiger partial charge in [0.15, 0.2) is 0 Å². The fourth-order valence-electron chi connectivity index (χ4n) is 2.64.